The van der Waals surface area contributed by atoms with Crippen molar-refractivity contribution in [1.82, 2.24) is 0 Å². The summed E-state index contributed by atoms with van der Waals surface area (Å²) in [4.78, 5) is 0. The Kier molecular flexibility index (Phi) is 2.90. The minimum atomic E-state index is -0.864. The highest BCUT2D eigenvalue weighted by Gasteiger charge is 2.18. The molecule has 0 radical (unpaired) electrons. The van der Waals surface area contributed by atoms with Crippen LogP contribution < -0.4 is 5.73 Å². The lowest BCUT2D eigenvalue weighted by Gasteiger charge is -2.20. The molecule has 1 rings (SSSR count). The van der Waals surface area contributed by atoms with Gasteiger partial charge >= 0.3 is 0 Å². The van der Waals surface area contributed by atoms with Crippen LogP contribution in [0, 0.1) is 0 Å². The molecule has 13 heavy (non-hydrogen) atoms. The molecule has 0 fully saturated rings. The smallest absolute Gasteiger partial charge is 0.115 e. The Morgan fingerprint density at radius 3 is 2.31 bits per heavy atom. The standard InChI is InChI=1S/C10H15NO2/c1-10(13,7-11)6-8-2-4-9(12)5-3-8/h2-5,12-13H,6-7,11H2,1H3. The van der Waals surface area contributed by atoms with Crippen molar-refractivity contribution in [3.8, 4) is 5.75 Å². The SMILES string of the molecule is CC(O)(CN)Cc1ccc(O)cc1. The lowest BCUT2D eigenvalue weighted by atomic mass is 9.97. The van der Waals surface area contributed by atoms with E-state index in [2.05, 4.69) is 0 Å². The van der Waals surface area contributed by atoms with E-state index < -0.39 is 5.60 Å². The number of hydrogen-bond acceptors (Lipinski definition) is 3. The minimum Gasteiger partial charge on any atom is -0.508 e. The molecular weight excluding hydrogens is 166 g/mol. The van der Waals surface area contributed by atoms with Crippen LogP contribution >= 0.6 is 0 Å². The minimum absolute atomic E-state index is 0.230. The number of benzene rings is 1. The molecule has 1 aromatic carbocycles. The molecule has 4 N–H and O–H groups in total. The Labute approximate surface area is 77.8 Å². The van der Waals surface area contributed by atoms with Gasteiger partial charge in [-0.15, -0.1) is 0 Å². The van der Waals surface area contributed by atoms with Gasteiger partial charge in [-0.3, -0.25) is 0 Å². The van der Waals surface area contributed by atoms with E-state index in [-0.39, 0.29) is 12.3 Å². The summed E-state index contributed by atoms with van der Waals surface area (Å²) in [5.74, 6) is 0.233. The number of nitrogens with two attached hydrogens (primary N) is 1. The Morgan fingerprint density at radius 2 is 1.85 bits per heavy atom. The Morgan fingerprint density at radius 1 is 1.31 bits per heavy atom. The summed E-state index contributed by atoms with van der Waals surface area (Å²) >= 11 is 0. The lowest BCUT2D eigenvalue weighted by Crippen LogP contribution is -2.36. The zero-order chi connectivity index (χ0) is 9.90. The fraction of sp³-hybridized carbons (Fsp3) is 0.400. The third-order valence-corrected chi connectivity index (χ3v) is 1.96. The molecule has 1 unspecified atom stereocenters. The average molecular weight is 181 g/mol. The summed E-state index contributed by atoms with van der Waals surface area (Å²) in [7, 11) is 0. The molecule has 1 atom stereocenters. The number of hydrogen-bond donors (Lipinski definition) is 3. The molecule has 0 aliphatic carbocycles. The van der Waals surface area contributed by atoms with Crippen molar-refractivity contribution in [1.29, 1.82) is 0 Å². The van der Waals surface area contributed by atoms with Crippen molar-refractivity contribution >= 4 is 0 Å². The van der Waals surface area contributed by atoms with Gasteiger partial charge in [-0.25, -0.2) is 0 Å². The zero-order valence-electron chi connectivity index (χ0n) is 7.70. The third-order valence-electron chi connectivity index (χ3n) is 1.96. The van der Waals surface area contributed by atoms with Crippen LogP contribution in [0.15, 0.2) is 24.3 Å². The maximum atomic E-state index is 9.66. The molecule has 0 bridgehead atoms. The maximum absolute atomic E-state index is 9.66. The first-order valence-electron chi connectivity index (χ1n) is 4.24. The summed E-state index contributed by atoms with van der Waals surface area (Å²) in [5, 5.41) is 18.7. The predicted molar refractivity (Wildman–Crippen MR) is 51.5 cm³/mol. The van der Waals surface area contributed by atoms with Gasteiger partial charge in [0.15, 0.2) is 0 Å². The number of aliphatic hydroxyl groups is 1. The summed E-state index contributed by atoms with van der Waals surface area (Å²) < 4.78 is 0. The highest BCUT2D eigenvalue weighted by molar-refractivity contribution is 5.26. The fourth-order valence-electron chi connectivity index (χ4n) is 1.13. The van der Waals surface area contributed by atoms with Crippen LogP contribution in [0.4, 0.5) is 0 Å². The first-order chi connectivity index (χ1) is 6.03. The second-order valence-corrected chi connectivity index (χ2v) is 3.54. The highest BCUT2D eigenvalue weighted by Crippen LogP contribution is 2.15. The van der Waals surface area contributed by atoms with Gasteiger partial charge in [-0.2, -0.15) is 0 Å². The topological polar surface area (TPSA) is 66.5 Å². The average Bonchev–Trinajstić information content (AvgIpc) is 2.09. The molecular formula is C10H15NO2. The zero-order valence-corrected chi connectivity index (χ0v) is 7.70. The number of phenolic OH excluding ortho intramolecular Hbond substituents is 1. The van der Waals surface area contributed by atoms with Gasteiger partial charge < -0.3 is 15.9 Å². The molecule has 3 nitrogen and oxygen atoms in total. The third kappa shape index (κ3) is 3.05. The highest BCUT2D eigenvalue weighted by atomic mass is 16.3. The summed E-state index contributed by atoms with van der Waals surface area (Å²) in [5.41, 5.74) is 5.49. The second kappa shape index (κ2) is 3.77. The van der Waals surface area contributed by atoms with E-state index in [1.54, 1.807) is 31.2 Å². The van der Waals surface area contributed by atoms with Gasteiger partial charge in [0.2, 0.25) is 0 Å². The molecule has 0 spiro atoms. The molecule has 72 valence electrons. The maximum Gasteiger partial charge on any atom is 0.115 e. The van der Waals surface area contributed by atoms with Crippen molar-refractivity contribution < 1.29 is 10.2 Å². The van der Waals surface area contributed by atoms with Gasteiger partial charge in [0.1, 0.15) is 5.75 Å². The van der Waals surface area contributed by atoms with Crippen LogP contribution in [0.1, 0.15) is 12.5 Å². The van der Waals surface area contributed by atoms with E-state index in [9.17, 15) is 5.11 Å². The fourth-order valence-corrected chi connectivity index (χ4v) is 1.13. The van der Waals surface area contributed by atoms with E-state index in [1.807, 2.05) is 0 Å². The monoisotopic (exact) mass is 181 g/mol. The molecule has 0 saturated heterocycles. The molecule has 0 saturated carbocycles. The lowest BCUT2D eigenvalue weighted by molar-refractivity contribution is 0.0696. The largest absolute Gasteiger partial charge is 0.508 e. The van der Waals surface area contributed by atoms with Crippen molar-refractivity contribution in [2.24, 2.45) is 5.73 Å². The van der Waals surface area contributed by atoms with E-state index >= 15 is 0 Å². The molecule has 3 heteroatoms. The van der Waals surface area contributed by atoms with Crippen LogP contribution in [0.2, 0.25) is 0 Å². The van der Waals surface area contributed by atoms with E-state index in [0.29, 0.717) is 6.42 Å². The molecule has 0 amide bonds. The van der Waals surface area contributed by atoms with E-state index in [4.69, 9.17) is 10.8 Å². The first-order valence-corrected chi connectivity index (χ1v) is 4.24. The summed E-state index contributed by atoms with van der Waals surface area (Å²) in [6.07, 6.45) is 0.504. The van der Waals surface area contributed by atoms with Crippen molar-refractivity contribution in [2.45, 2.75) is 18.9 Å². The normalized spacial score (nSPS) is 15.3. The Hall–Kier alpha value is -1.06. The van der Waals surface area contributed by atoms with Crippen LogP contribution in [-0.4, -0.2) is 22.4 Å². The molecule has 1 aromatic rings. The van der Waals surface area contributed by atoms with E-state index in [1.165, 1.54) is 0 Å². The molecule has 0 aliphatic heterocycles. The summed E-state index contributed by atoms with van der Waals surface area (Å²) in [6.45, 7) is 1.92. The van der Waals surface area contributed by atoms with E-state index in [0.717, 1.165) is 5.56 Å². The van der Waals surface area contributed by atoms with Gasteiger partial charge in [-0.1, -0.05) is 12.1 Å². The number of aromatic hydroxyl groups is 1. The number of rotatable bonds is 3. The van der Waals surface area contributed by atoms with Crippen LogP contribution in [0.3, 0.4) is 0 Å². The Balaban J connectivity index is 2.69. The second-order valence-electron chi connectivity index (χ2n) is 3.54. The predicted octanol–water partition coefficient (Wildman–Crippen LogP) is 0.644. The molecule has 0 aliphatic rings. The van der Waals surface area contributed by atoms with Crippen molar-refractivity contribution in [2.75, 3.05) is 6.54 Å². The molecule has 0 aromatic heterocycles. The van der Waals surface area contributed by atoms with Crippen LogP contribution in [0.5, 0.6) is 5.75 Å². The van der Waals surface area contributed by atoms with Gasteiger partial charge in [0.05, 0.1) is 5.60 Å². The van der Waals surface area contributed by atoms with Gasteiger partial charge in [-0.05, 0) is 24.6 Å². The van der Waals surface area contributed by atoms with Crippen molar-refractivity contribution in [3.63, 3.8) is 0 Å². The Bertz CT molecular complexity index is 267. The van der Waals surface area contributed by atoms with Crippen LogP contribution in [-0.2, 0) is 6.42 Å². The number of phenols is 1. The summed E-state index contributed by atoms with van der Waals surface area (Å²) in [6, 6.07) is 6.75. The van der Waals surface area contributed by atoms with Gasteiger partial charge in [0, 0.05) is 13.0 Å². The van der Waals surface area contributed by atoms with Gasteiger partial charge in [0.25, 0.3) is 0 Å². The first kappa shape index (κ1) is 10.0. The van der Waals surface area contributed by atoms with Crippen molar-refractivity contribution in [3.05, 3.63) is 29.8 Å². The quantitative estimate of drug-likeness (QED) is 0.641. The molecule has 0 heterocycles. The van der Waals surface area contributed by atoms with Crippen LogP contribution in [0.25, 0.3) is 0 Å².